The van der Waals surface area contributed by atoms with Crippen LogP contribution in [0.2, 0.25) is 5.02 Å². The second-order valence-electron chi connectivity index (χ2n) is 11.8. The molecule has 1 aliphatic carbocycles. The maximum Gasteiger partial charge on any atom is 0.187 e. The molecule has 2 heterocycles. The molecule has 2 aromatic rings. The fraction of sp³-hybridized carbons (Fsp3) is 0.613. The number of aldehydes is 1. The maximum atomic E-state index is 13.7. The number of benzene rings is 1. The second kappa shape index (κ2) is 14.4. The van der Waals surface area contributed by atoms with Gasteiger partial charge in [0.25, 0.3) is 0 Å². The van der Waals surface area contributed by atoms with Crippen LogP contribution in [0.5, 0.6) is 0 Å². The Labute approximate surface area is 254 Å². The molecule has 2 unspecified atom stereocenters. The lowest BCUT2D eigenvalue weighted by atomic mass is 9.85. The van der Waals surface area contributed by atoms with Gasteiger partial charge in [-0.2, -0.15) is 0 Å². The van der Waals surface area contributed by atoms with Gasteiger partial charge in [0.2, 0.25) is 0 Å². The standard InChI is InChI=1S/C31H41ClO9S/c1-31(2)28(39)18(8-4-3-7-15-33)19(29(31)41-30-27(38)26(37)25(36)21(16-34)40-30)13-11-17(35)12-14-23-24(32)20-9-5-6-10-22(20)42-23/h5-6,9-11,13,15,17-19,21,25-27,29-30,34-38H,3-4,7-8,12,14,16H2,1-2H3/b13-11+/t17?,18-,19-,21-,25-,26+,27-,29+,30?/m1/s1. The number of halogens is 1. The highest BCUT2D eigenvalue weighted by Gasteiger charge is 2.56. The van der Waals surface area contributed by atoms with E-state index in [1.807, 2.05) is 24.3 Å². The van der Waals surface area contributed by atoms with Crippen LogP contribution in [0.1, 0.15) is 50.8 Å². The summed E-state index contributed by atoms with van der Waals surface area (Å²) in [6.45, 7) is 2.89. The molecule has 0 bridgehead atoms. The Morgan fingerprint density at radius 3 is 2.57 bits per heavy atom. The maximum absolute atomic E-state index is 13.7. The average molecular weight is 625 g/mol. The van der Waals surface area contributed by atoms with Crippen LogP contribution in [0.3, 0.4) is 0 Å². The van der Waals surface area contributed by atoms with Crippen LogP contribution in [0.4, 0.5) is 0 Å². The fourth-order valence-corrected chi connectivity index (χ4v) is 7.62. The highest BCUT2D eigenvalue weighted by molar-refractivity contribution is 7.19. The normalized spacial score (nSPS) is 32.1. The van der Waals surface area contributed by atoms with E-state index in [2.05, 4.69) is 0 Å². The van der Waals surface area contributed by atoms with Crippen molar-refractivity contribution in [1.82, 2.24) is 0 Å². The van der Waals surface area contributed by atoms with Gasteiger partial charge in [0.1, 0.15) is 36.5 Å². The summed E-state index contributed by atoms with van der Waals surface area (Å²) in [6, 6.07) is 7.87. The second-order valence-corrected chi connectivity index (χ2v) is 13.3. The largest absolute Gasteiger partial charge is 0.394 e. The van der Waals surface area contributed by atoms with E-state index in [0.717, 1.165) is 21.2 Å². The van der Waals surface area contributed by atoms with Gasteiger partial charge in [-0.15, -0.1) is 11.3 Å². The topological polar surface area (TPSA) is 154 Å². The summed E-state index contributed by atoms with van der Waals surface area (Å²) in [5.74, 6) is -1.02. The Bertz CT molecular complexity index is 1240. The van der Waals surface area contributed by atoms with E-state index in [0.29, 0.717) is 43.5 Å². The number of unbranched alkanes of at least 4 members (excludes halogenated alkanes) is 2. The fourth-order valence-electron chi connectivity index (χ4n) is 6.08. The molecular weight excluding hydrogens is 584 g/mol. The third kappa shape index (κ3) is 6.98. The Balaban J connectivity index is 1.53. The molecule has 42 heavy (non-hydrogen) atoms. The van der Waals surface area contributed by atoms with Crippen LogP contribution in [0.25, 0.3) is 10.1 Å². The van der Waals surface area contributed by atoms with E-state index in [9.17, 15) is 35.1 Å². The highest BCUT2D eigenvalue weighted by atomic mass is 35.5. The third-order valence-corrected chi connectivity index (χ3v) is 10.3. The minimum atomic E-state index is -1.61. The third-order valence-electron chi connectivity index (χ3n) is 8.54. The van der Waals surface area contributed by atoms with Gasteiger partial charge in [-0.05, 0) is 31.7 Å². The van der Waals surface area contributed by atoms with E-state index >= 15 is 0 Å². The quantitative estimate of drug-likeness (QED) is 0.128. The van der Waals surface area contributed by atoms with Crippen molar-refractivity contribution in [2.45, 2.75) is 95.3 Å². The van der Waals surface area contributed by atoms with Crippen LogP contribution in [0.15, 0.2) is 36.4 Å². The number of carbonyl (C=O) groups excluding carboxylic acids is 2. The Hall–Kier alpha value is -1.73. The first-order valence-electron chi connectivity index (χ1n) is 14.5. The molecule has 11 heteroatoms. The number of thiophene rings is 1. The van der Waals surface area contributed by atoms with Crippen LogP contribution >= 0.6 is 22.9 Å². The molecule has 0 spiro atoms. The van der Waals surface area contributed by atoms with Crippen molar-refractivity contribution >= 4 is 45.1 Å². The molecule has 0 amide bonds. The lowest BCUT2D eigenvalue weighted by molar-refractivity contribution is -0.318. The van der Waals surface area contributed by atoms with Crippen molar-refractivity contribution in [3.63, 3.8) is 0 Å². The number of carbonyl (C=O) groups is 2. The number of ether oxygens (including phenoxy) is 2. The van der Waals surface area contributed by atoms with E-state index in [1.54, 1.807) is 37.3 Å². The average Bonchev–Trinajstić information content (AvgIpc) is 3.39. The molecule has 1 saturated carbocycles. The lowest BCUT2D eigenvalue weighted by Crippen LogP contribution is -2.60. The molecule has 232 valence electrons. The summed E-state index contributed by atoms with van der Waals surface area (Å²) in [4.78, 5) is 25.5. The number of fused-ring (bicyclic) bond motifs is 1. The molecule has 4 rings (SSSR count). The number of aliphatic hydroxyl groups is 5. The van der Waals surface area contributed by atoms with Gasteiger partial charge < -0.3 is 39.8 Å². The van der Waals surface area contributed by atoms with Gasteiger partial charge >= 0.3 is 0 Å². The first-order chi connectivity index (χ1) is 20.0. The summed E-state index contributed by atoms with van der Waals surface area (Å²) in [5, 5.41) is 53.3. The van der Waals surface area contributed by atoms with Crippen LogP contribution in [-0.4, -0.2) is 87.1 Å². The molecule has 0 radical (unpaired) electrons. The summed E-state index contributed by atoms with van der Waals surface area (Å²) >= 11 is 8.17. The molecular formula is C31H41ClO9S. The molecule has 9 atom stereocenters. The smallest absolute Gasteiger partial charge is 0.187 e. The summed E-state index contributed by atoms with van der Waals surface area (Å²) in [6.07, 6.45) is -1.48. The van der Waals surface area contributed by atoms with Crippen molar-refractivity contribution in [1.29, 1.82) is 0 Å². The number of hydrogen-bond donors (Lipinski definition) is 5. The predicted octanol–water partition coefficient (Wildman–Crippen LogP) is 3.19. The minimum Gasteiger partial charge on any atom is -0.394 e. The minimum absolute atomic E-state index is 0.0515. The van der Waals surface area contributed by atoms with E-state index in [1.165, 1.54) is 0 Å². The van der Waals surface area contributed by atoms with Crippen molar-refractivity contribution < 1.29 is 44.6 Å². The monoisotopic (exact) mass is 624 g/mol. The number of ketones is 1. The molecule has 5 N–H and O–H groups in total. The van der Waals surface area contributed by atoms with Gasteiger partial charge in [0.05, 0.1) is 29.3 Å². The van der Waals surface area contributed by atoms with Crippen LogP contribution in [-0.2, 0) is 25.5 Å². The predicted molar refractivity (Wildman–Crippen MR) is 159 cm³/mol. The number of Topliss-reactive ketones (excluding diaryl/α,β-unsaturated/α-hetero) is 1. The van der Waals surface area contributed by atoms with Gasteiger partial charge in [-0.3, -0.25) is 4.79 Å². The van der Waals surface area contributed by atoms with Gasteiger partial charge in [-0.1, -0.05) is 62.2 Å². The lowest BCUT2D eigenvalue weighted by Gasteiger charge is -2.42. The van der Waals surface area contributed by atoms with E-state index < -0.39 is 66.8 Å². The Morgan fingerprint density at radius 2 is 1.88 bits per heavy atom. The molecule has 2 fully saturated rings. The molecule has 1 aromatic heterocycles. The molecule has 1 aromatic carbocycles. The number of aryl methyl sites for hydroxylation is 1. The van der Waals surface area contributed by atoms with Crippen LogP contribution in [0, 0.1) is 17.3 Å². The summed E-state index contributed by atoms with van der Waals surface area (Å²) in [5.41, 5.74) is -1.02. The van der Waals surface area contributed by atoms with Gasteiger partial charge in [0.15, 0.2) is 6.29 Å². The molecule has 9 nitrogen and oxygen atoms in total. The number of hydrogen-bond acceptors (Lipinski definition) is 10. The Kier molecular flexibility index (Phi) is 11.3. The molecule has 1 saturated heterocycles. The first-order valence-corrected chi connectivity index (χ1v) is 15.7. The van der Waals surface area contributed by atoms with Crippen molar-refractivity contribution in [3.8, 4) is 0 Å². The van der Waals surface area contributed by atoms with Crippen molar-refractivity contribution in [3.05, 3.63) is 46.3 Å². The number of rotatable bonds is 13. The zero-order chi connectivity index (χ0) is 30.6. The Morgan fingerprint density at radius 1 is 1.14 bits per heavy atom. The molecule has 1 aliphatic heterocycles. The zero-order valence-electron chi connectivity index (χ0n) is 23.8. The SMILES string of the molecule is CC1(C)C(=O)[C@H](CCCCC=O)[C@@H](/C=C/C(O)CCc2sc3ccccc3c2Cl)[C@@H]1OC1O[C@H](CO)[C@@H](O)[C@H](O)[C@H]1O. The summed E-state index contributed by atoms with van der Waals surface area (Å²) < 4.78 is 12.9. The van der Waals surface area contributed by atoms with Crippen LogP contribution < -0.4 is 0 Å². The highest BCUT2D eigenvalue weighted by Crippen LogP contribution is 2.48. The van der Waals surface area contributed by atoms with Crippen molar-refractivity contribution in [2.24, 2.45) is 17.3 Å². The first kappa shape index (κ1) is 33.2. The van der Waals surface area contributed by atoms with E-state index in [-0.39, 0.29) is 5.78 Å². The van der Waals surface area contributed by atoms with Crippen molar-refractivity contribution in [2.75, 3.05) is 6.61 Å². The summed E-state index contributed by atoms with van der Waals surface area (Å²) in [7, 11) is 0. The van der Waals surface area contributed by atoms with E-state index in [4.69, 9.17) is 21.1 Å². The zero-order valence-corrected chi connectivity index (χ0v) is 25.4. The number of aliphatic hydroxyl groups excluding tert-OH is 5. The van der Waals surface area contributed by atoms with Gasteiger partial charge in [0, 0.05) is 33.2 Å². The van der Waals surface area contributed by atoms with Gasteiger partial charge in [-0.25, -0.2) is 0 Å². The molecule has 2 aliphatic rings.